The van der Waals surface area contributed by atoms with E-state index in [9.17, 15) is 4.79 Å². The number of carbonyl (C=O) groups excluding carboxylic acids is 1. The molecular formula is C12H10Cl2N2OS. The van der Waals surface area contributed by atoms with E-state index in [1.807, 2.05) is 19.9 Å². The molecule has 0 aliphatic carbocycles. The van der Waals surface area contributed by atoms with E-state index in [2.05, 4.69) is 10.3 Å². The van der Waals surface area contributed by atoms with Crippen LogP contribution in [0.1, 0.15) is 20.1 Å². The highest BCUT2D eigenvalue weighted by atomic mass is 35.5. The average molecular weight is 301 g/mol. The van der Waals surface area contributed by atoms with Crippen LogP contribution in [-0.4, -0.2) is 10.9 Å². The molecule has 2 aromatic heterocycles. The van der Waals surface area contributed by atoms with Gasteiger partial charge in [-0.25, -0.2) is 4.98 Å². The molecule has 0 atom stereocenters. The maximum atomic E-state index is 12.0. The molecule has 0 fully saturated rings. The second-order valence-electron chi connectivity index (χ2n) is 3.79. The predicted molar refractivity (Wildman–Crippen MR) is 76.0 cm³/mol. The zero-order valence-electron chi connectivity index (χ0n) is 9.75. The third-order valence-corrected chi connectivity index (χ3v) is 3.81. The topological polar surface area (TPSA) is 42.0 Å². The van der Waals surface area contributed by atoms with Gasteiger partial charge in [0.15, 0.2) is 5.15 Å². The molecule has 0 aromatic carbocycles. The normalized spacial score (nSPS) is 10.4. The number of halogens is 2. The van der Waals surface area contributed by atoms with Crippen LogP contribution in [0.25, 0.3) is 0 Å². The van der Waals surface area contributed by atoms with Crippen LogP contribution >= 0.6 is 34.5 Å². The van der Waals surface area contributed by atoms with Gasteiger partial charge in [-0.05, 0) is 37.6 Å². The number of anilines is 1. The van der Waals surface area contributed by atoms with Gasteiger partial charge in [-0.2, -0.15) is 0 Å². The van der Waals surface area contributed by atoms with E-state index in [4.69, 9.17) is 23.2 Å². The zero-order valence-corrected chi connectivity index (χ0v) is 12.1. The van der Waals surface area contributed by atoms with Gasteiger partial charge >= 0.3 is 0 Å². The number of rotatable bonds is 2. The fourth-order valence-corrected chi connectivity index (χ4v) is 2.82. The molecular weight excluding hydrogens is 291 g/mol. The summed E-state index contributed by atoms with van der Waals surface area (Å²) in [5.74, 6) is -0.192. The van der Waals surface area contributed by atoms with Gasteiger partial charge in [0.2, 0.25) is 0 Å². The van der Waals surface area contributed by atoms with Crippen LogP contribution < -0.4 is 5.32 Å². The Morgan fingerprint density at radius 1 is 1.33 bits per heavy atom. The molecule has 6 heteroatoms. The molecule has 2 aromatic rings. The van der Waals surface area contributed by atoms with E-state index in [0.29, 0.717) is 15.7 Å². The molecule has 0 bridgehead atoms. The van der Waals surface area contributed by atoms with Crippen molar-refractivity contribution in [1.29, 1.82) is 0 Å². The van der Waals surface area contributed by atoms with Crippen molar-refractivity contribution < 1.29 is 4.79 Å². The van der Waals surface area contributed by atoms with E-state index in [1.54, 1.807) is 12.1 Å². The largest absolute Gasteiger partial charge is 0.318 e. The number of hydrogen-bond acceptors (Lipinski definition) is 3. The SMILES string of the molecule is Cc1ccc(C(=O)Nc2c(C)cc(Cl)nc2Cl)s1. The Labute approximate surface area is 119 Å². The van der Waals surface area contributed by atoms with E-state index in [0.717, 1.165) is 10.4 Å². The molecule has 0 radical (unpaired) electrons. The first-order chi connectivity index (χ1) is 8.47. The highest BCUT2D eigenvalue weighted by molar-refractivity contribution is 7.14. The Kier molecular flexibility index (Phi) is 3.90. The van der Waals surface area contributed by atoms with E-state index in [-0.39, 0.29) is 11.1 Å². The van der Waals surface area contributed by atoms with Crippen molar-refractivity contribution >= 4 is 46.1 Å². The summed E-state index contributed by atoms with van der Waals surface area (Å²) in [5.41, 5.74) is 1.28. The van der Waals surface area contributed by atoms with Gasteiger partial charge in [-0.1, -0.05) is 23.2 Å². The van der Waals surface area contributed by atoms with Crippen molar-refractivity contribution in [2.75, 3.05) is 5.32 Å². The quantitative estimate of drug-likeness (QED) is 0.839. The zero-order chi connectivity index (χ0) is 13.3. The maximum absolute atomic E-state index is 12.0. The Morgan fingerprint density at radius 2 is 2.06 bits per heavy atom. The molecule has 0 aliphatic rings. The van der Waals surface area contributed by atoms with Crippen LogP contribution in [-0.2, 0) is 0 Å². The highest BCUT2D eigenvalue weighted by Gasteiger charge is 2.13. The van der Waals surface area contributed by atoms with Crippen LogP contribution in [0.5, 0.6) is 0 Å². The van der Waals surface area contributed by atoms with Gasteiger partial charge in [0.25, 0.3) is 5.91 Å². The highest BCUT2D eigenvalue weighted by Crippen LogP contribution is 2.27. The minimum Gasteiger partial charge on any atom is -0.318 e. The standard InChI is InChI=1S/C12H10Cl2N2OS/c1-6-5-9(13)15-11(14)10(6)16-12(17)8-4-3-7(2)18-8/h3-5H,1-2H3,(H,16,17). The smallest absolute Gasteiger partial charge is 0.265 e. The molecule has 0 saturated carbocycles. The Bertz CT molecular complexity index is 587. The Balaban J connectivity index is 2.27. The third-order valence-electron chi connectivity index (χ3n) is 2.34. The maximum Gasteiger partial charge on any atom is 0.265 e. The lowest BCUT2D eigenvalue weighted by Gasteiger charge is -2.09. The van der Waals surface area contributed by atoms with Gasteiger partial charge in [0.1, 0.15) is 5.15 Å². The van der Waals surface area contributed by atoms with Crippen molar-refractivity contribution in [2.45, 2.75) is 13.8 Å². The first-order valence-corrected chi connectivity index (χ1v) is 6.75. The number of hydrogen-bond donors (Lipinski definition) is 1. The fourth-order valence-electron chi connectivity index (χ4n) is 1.48. The second-order valence-corrected chi connectivity index (χ2v) is 5.83. The van der Waals surface area contributed by atoms with Crippen LogP contribution in [0.4, 0.5) is 5.69 Å². The Morgan fingerprint density at radius 3 is 2.61 bits per heavy atom. The lowest BCUT2D eigenvalue weighted by atomic mass is 10.2. The molecule has 1 N–H and O–H groups in total. The number of pyridine rings is 1. The summed E-state index contributed by atoms with van der Waals surface area (Å²) in [6.07, 6.45) is 0. The minimum atomic E-state index is -0.192. The van der Waals surface area contributed by atoms with Crippen LogP contribution in [0.15, 0.2) is 18.2 Å². The summed E-state index contributed by atoms with van der Waals surface area (Å²) in [6.45, 7) is 3.76. The van der Waals surface area contributed by atoms with Gasteiger partial charge in [0, 0.05) is 4.88 Å². The number of carbonyl (C=O) groups is 1. The van der Waals surface area contributed by atoms with E-state index >= 15 is 0 Å². The first kappa shape index (κ1) is 13.3. The molecule has 0 spiro atoms. The average Bonchev–Trinajstić information content (AvgIpc) is 2.70. The van der Waals surface area contributed by atoms with Crippen molar-refractivity contribution in [1.82, 2.24) is 4.98 Å². The molecule has 3 nitrogen and oxygen atoms in total. The van der Waals surface area contributed by atoms with Crippen LogP contribution in [0.3, 0.4) is 0 Å². The van der Waals surface area contributed by atoms with Crippen LogP contribution in [0.2, 0.25) is 10.3 Å². The fraction of sp³-hybridized carbons (Fsp3) is 0.167. The van der Waals surface area contributed by atoms with Crippen molar-refractivity contribution in [2.24, 2.45) is 0 Å². The van der Waals surface area contributed by atoms with Gasteiger partial charge in [-0.3, -0.25) is 4.79 Å². The van der Waals surface area contributed by atoms with Gasteiger partial charge in [0.05, 0.1) is 10.6 Å². The molecule has 2 rings (SSSR count). The summed E-state index contributed by atoms with van der Waals surface area (Å²) in [6, 6.07) is 5.33. The molecule has 1 amide bonds. The van der Waals surface area contributed by atoms with Gasteiger partial charge in [-0.15, -0.1) is 11.3 Å². The third kappa shape index (κ3) is 2.83. The predicted octanol–water partition coefficient (Wildman–Crippen LogP) is 4.32. The number of nitrogens with one attached hydrogen (secondary N) is 1. The molecule has 0 unspecified atom stereocenters. The van der Waals surface area contributed by atoms with Crippen molar-refractivity contribution in [3.63, 3.8) is 0 Å². The number of thiophene rings is 1. The van der Waals surface area contributed by atoms with E-state index < -0.39 is 0 Å². The number of aryl methyl sites for hydroxylation is 2. The minimum absolute atomic E-state index is 0.192. The molecule has 2 heterocycles. The summed E-state index contributed by atoms with van der Waals surface area (Å²) >= 11 is 13.2. The number of aromatic nitrogens is 1. The molecule has 0 aliphatic heterocycles. The van der Waals surface area contributed by atoms with Crippen molar-refractivity contribution in [3.05, 3.63) is 43.8 Å². The Hall–Kier alpha value is -1.10. The summed E-state index contributed by atoms with van der Waals surface area (Å²) in [5, 5.41) is 3.26. The monoisotopic (exact) mass is 300 g/mol. The molecule has 0 saturated heterocycles. The summed E-state index contributed by atoms with van der Waals surface area (Å²) in [7, 11) is 0. The first-order valence-electron chi connectivity index (χ1n) is 5.18. The summed E-state index contributed by atoms with van der Waals surface area (Å²) < 4.78 is 0. The summed E-state index contributed by atoms with van der Waals surface area (Å²) in [4.78, 5) is 17.6. The van der Waals surface area contributed by atoms with Crippen molar-refractivity contribution in [3.8, 4) is 0 Å². The second kappa shape index (κ2) is 5.26. The lowest BCUT2D eigenvalue weighted by Crippen LogP contribution is -2.12. The number of nitrogens with zero attached hydrogens (tertiary/aromatic N) is 1. The van der Waals surface area contributed by atoms with E-state index in [1.165, 1.54) is 11.3 Å². The van der Waals surface area contributed by atoms with Crippen LogP contribution in [0, 0.1) is 13.8 Å². The molecule has 18 heavy (non-hydrogen) atoms. The molecule has 94 valence electrons. The van der Waals surface area contributed by atoms with Gasteiger partial charge < -0.3 is 5.32 Å². The lowest BCUT2D eigenvalue weighted by molar-refractivity contribution is 0.103. The number of amides is 1.